The van der Waals surface area contributed by atoms with Crippen LogP contribution in [0.5, 0.6) is 0 Å². The molecule has 2 heteroatoms. The number of rotatable bonds is 0. The van der Waals surface area contributed by atoms with E-state index < -0.39 is 0 Å². The van der Waals surface area contributed by atoms with Gasteiger partial charge in [-0.1, -0.05) is 12.1 Å². The summed E-state index contributed by atoms with van der Waals surface area (Å²) in [6.45, 7) is 0. The maximum absolute atomic E-state index is 5.42. The first kappa shape index (κ1) is 5.35. The third-order valence-electron chi connectivity index (χ3n) is 1.46. The molecule has 2 aliphatic rings. The minimum absolute atomic E-state index is 0.457. The largest absolute Gasteiger partial charge is 0.441 e. The molecule has 0 aromatic heterocycles. The van der Waals surface area contributed by atoms with Crippen molar-refractivity contribution < 1.29 is 4.42 Å². The van der Waals surface area contributed by atoms with Crippen LogP contribution in [0.1, 0.15) is 0 Å². The number of nitrogen functional groups attached to an aromatic ring is 1. The first-order chi connectivity index (χ1) is 4.86. The molecule has 50 valence electrons. The summed E-state index contributed by atoms with van der Waals surface area (Å²) in [6, 6.07) is 9.51. The van der Waals surface area contributed by atoms with E-state index in [1.807, 2.05) is 24.3 Å². The van der Waals surface area contributed by atoms with Gasteiger partial charge in [0, 0.05) is 5.56 Å². The Hall–Kier alpha value is -1.44. The fraction of sp³-hybridized carbons (Fsp3) is 0. The van der Waals surface area contributed by atoms with Gasteiger partial charge in [0.2, 0.25) is 0 Å². The number of hydrogen-bond donors (Lipinski definition) is 1. The molecule has 2 rings (SSSR count). The molecule has 0 radical (unpaired) electrons. The quantitative estimate of drug-likeness (QED) is 0.596. The van der Waals surface area contributed by atoms with Gasteiger partial charge in [-0.05, 0) is 18.2 Å². The lowest BCUT2D eigenvalue weighted by molar-refractivity contribution is 0.589. The molecule has 0 unspecified atom stereocenters. The molecule has 0 bridgehead atoms. The SMILES string of the molecule is Nc1ccc2cccc-2o1. The summed E-state index contributed by atoms with van der Waals surface area (Å²) in [5.41, 5.74) is 6.51. The average molecular weight is 133 g/mol. The van der Waals surface area contributed by atoms with Crippen molar-refractivity contribution in [2.45, 2.75) is 0 Å². The zero-order chi connectivity index (χ0) is 6.97. The molecule has 0 atom stereocenters. The van der Waals surface area contributed by atoms with Crippen LogP contribution in [0, 0.1) is 0 Å². The van der Waals surface area contributed by atoms with Crippen molar-refractivity contribution in [1.82, 2.24) is 0 Å². The molecular weight excluding hydrogens is 126 g/mol. The molecule has 0 saturated heterocycles. The topological polar surface area (TPSA) is 39.2 Å². The molecule has 0 fully saturated rings. The van der Waals surface area contributed by atoms with E-state index in [1.165, 1.54) is 0 Å². The lowest BCUT2D eigenvalue weighted by Crippen LogP contribution is -1.83. The van der Waals surface area contributed by atoms with Crippen LogP contribution in [0.25, 0.3) is 11.3 Å². The predicted molar refractivity (Wildman–Crippen MR) is 39.7 cm³/mol. The maximum atomic E-state index is 5.42. The molecule has 1 aliphatic heterocycles. The lowest BCUT2D eigenvalue weighted by Gasteiger charge is -1.97. The number of fused-ring (bicyclic) bond motifs is 1. The molecule has 0 spiro atoms. The van der Waals surface area contributed by atoms with Crippen molar-refractivity contribution in [3.05, 3.63) is 30.3 Å². The summed E-state index contributed by atoms with van der Waals surface area (Å²) in [7, 11) is 0. The number of anilines is 1. The van der Waals surface area contributed by atoms with Gasteiger partial charge < -0.3 is 10.2 Å². The number of nitrogens with two attached hydrogens (primary N) is 1. The van der Waals surface area contributed by atoms with Crippen LogP contribution in [0.4, 0.5) is 5.88 Å². The Morgan fingerprint density at radius 3 is 2.90 bits per heavy atom. The summed E-state index contributed by atoms with van der Waals surface area (Å²) in [4.78, 5) is 0. The van der Waals surface area contributed by atoms with Gasteiger partial charge in [0.05, 0.1) is 0 Å². The van der Waals surface area contributed by atoms with Gasteiger partial charge in [-0.3, -0.25) is 0 Å². The Kier molecular flexibility index (Phi) is 0.947. The molecule has 0 aromatic rings. The Morgan fingerprint density at radius 1 is 1.10 bits per heavy atom. The minimum atomic E-state index is 0.457. The molecule has 10 heavy (non-hydrogen) atoms. The zero-order valence-corrected chi connectivity index (χ0v) is 5.37. The van der Waals surface area contributed by atoms with Crippen LogP contribution in [0.3, 0.4) is 0 Å². The summed E-state index contributed by atoms with van der Waals surface area (Å²) in [6.07, 6.45) is 0. The molecule has 1 aliphatic carbocycles. The molecule has 2 N–H and O–H groups in total. The van der Waals surface area contributed by atoms with Gasteiger partial charge in [0.25, 0.3) is 0 Å². The summed E-state index contributed by atoms with van der Waals surface area (Å²) in [5.74, 6) is 1.30. The van der Waals surface area contributed by atoms with Gasteiger partial charge in [0.15, 0.2) is 5.88 Å². The van der Waals surface area contributed by atoms with Crippen LogP contribution < -0.4 is 5.73 Å². The standard InChI is InChI=1S/C8H7NO/c9-8-5-4-6-2-1-3-7(6)10-8/h1-5H,9H2. The van der Waals surface area contributed by atoms with Gasteiger partial charge in [0.1, 0.15) is 5.76 Å². The maximum Gasteiger partial charge on any atom is 0.190 e. The van der Waals surface area contributed by atoms with E-state index in [1.54, 1.807) is 6.07 Å². The van der Waals surface area contributed by atoms with E-state index in [-0.39, 0.29) is 0 Å². The Balaban J connectivity index is 2.75. The van der Waals surface area contributed by atoms with Crippen molar-refractivity contribution in [3.8, 4) is 11.3 Å². The number of hydrogen-bond acceptors (Lipinski definition) is 2. The molecule has 0 amide bonds. The molecule has 0 saturated carbocycles. The first-order valence-corrected chi connectivity index (χ1v) is 3.10. The minimum Gasteiger partial charge on any atom is -0.441 e. The van der Waals surface area contributed by atoms with Crippen molar-refractivity contribution in [2.24, 2.45) is 0 Å². The molecule has 0 aromatic carbocycles. The summed E-state index contributed by atoms with van der Waals surface area (Å²) >= 11 is 0. The van der Waals surface area contributed by atoms with Crippen molar-refractivity contribution in [3.63, 3.8) is 0 Å². The first-order valence-electron chi connectivity index (χ1n) is 3.10. The third kappa shape index (κ3) is 0.658. The van der Waals surface area contributed by atoms with Crippen LogP contribution in [0.2, 0.25) is 0 Å². The highest BCUT2D eigenvalue weighted by atomic mass is 16.3. The van der Waals surface area contributed by atoms with E-state index >= 15 is 0 Å². The average Bonchev–Trinajstić information content (AvgIpc) is 2.33. The predicted octanol–water partition coefficient (Wildman–Crippen LogP) is 1.97. The van der Waals surface area contributed by atoms with Crippen LogP contribution in [-0.2, 0) is 0 Å². The van der Waals surface area contributed by atoms with Crippen LogP contribution in [0.15, 0.2) is 34.7 Å². The molecular formula is C8H7NO. The van der Waals surface area contributed by atoms with Crippen molar-refractivity contribution >= 4 is 5.88 Å². The second-order valence-corrected chi connectivity index (χ2v) is 2.18. The summed E-state index contributed by atoms with van der Waals surface area (Å²) < 4.78 is 5.18. The molecule has 1 heterocycles. The normalized spacial score (nSPS) is 10.4. The summed E-state index contributed by atoms with van der Waals surface area (Å²) in [5, 5.41) is 0. The Bertz CT molecular complexity index is 313. The van der Waals surface area contributed by atoms with Crippen LogP contribution in [-0.4, -0.2) is 0 Å². The molecule has 2 nitrogen and oxygen atoms in total. The fourth-order valence-corrected chi connectivity index (χ4v) is 0.981. The lowest BCUT2D eigenvalue weighted by atomic mass is 10.2. The Labute approximate surface area is 58.6 Å². The van der Waals surface area contributed by atoms with Gasteiger partial charge in [-0.25, -0.2) is 0 Å². The smallest absolute Gasteiger partial charge is 0.190 e. The van der Waals surface area contributed by atoms with Crippen LogP contribution >= 0.6 is 0 Å². The third-order valence-corrected chi connectivity index (χ3v) is 1.46. The van der Waals surface area contributed by atoms with E-state index in [0.29, 0.717) is 5.88 Å². The highest BCUT2D eigenvalue weighted by molar-refractivity contribution is 5.61. The highest BCUT2D eigenvalue weighted by Crippen LogP contribution is 2.24. The van der Waals surface area contributed by atoms with Gasteiger partial charge in [-0.15, -0.1) is 0 Å². The van der Waals surface area contributed by atoms with Gasteiger partial charge in [-0.2, -0.15) is 0 Å². The van der Waals surface area contributed by atoms with Crippen molar-refractivity contribution in [1.29, 1.82) is 0 Å². The highest BCUT2D eigenvalue weighted by Gasteiger charge is 2.01. The van der Waals surface area contributed by atoms with E-state index in [4.69, 9.17) is 10.2 Å². The van der Waals surface area contributed by atoms with Crippen molar-refractivity contribution in [2.75, 3.05) is 5.73 Å². The fourth-order valence-electron chi connectivity index (χ4n) is 0.981. The second-order valence-electron chi connectivity index (χ2n) is 2.18. The zero-order valence-electron chi connectivity index (χ0n) is 5.37. The van der Waals surface area contributed by atoms with Gasteiger partial charge >= 0.3 is 0 Å². The monoisotopic (exact) mass is 133 g/mol. The second kappa shape index (κ2) is 1.77. The van der Waals surface area contributed by atoms with E-state index in [0.717, 1.165) is 11.3 Å². The van der Waals surface area contributed by atoms with E-state index in [2.05, 4.69) is 0 Å². The Morgan fingerprint density at radius 2 is 2.00 bits per heavy atom. The van der Waals surface area contributed by atoms with E-state index in [9.17, 15) is 0 Å².